The number of aromatic nitrogens is 3. The molecule has 148 valence electrons. The molecule has 0 radical (unpaired) electrons. The first-order valence-electron chi connectivity index (χ1n) is 9.25. The minimum atomic E-state index is -0.203. The van der Waals surface area contributed by atoms with Crippen molar-refractivity contribution >= 4 is 17.8 Å². The quantitative estimate of drug-likeness (QED) is 0.567. The van der Waals surface area contributed by atoms with Crippen molar-refractivity contribution in [1.29, 1.82) is 5.26 Å². The van der Waals surface area contributed by atoms with Crippen molar-refractivity contribution in [3.63, 3.8) is 0 Å². The first-order chi connectivity index (χ1) is 13.9. The fraction of sp³-hybridized carbons (Fsp3) is 0.286. The molecule has 2 N–H and O–H groups in total. The summed E-state index contributed by atoms with van der Waals surface area (Å²) in [5, 5.41) is 15.0. The number of aryl methyl sites for hydroxylation is 2. The summed E-state index contributed by atoms with van der Waals surface area (Å²) in [4.78, 5) is 4.32. The Labute approximate surface area is 174 Å². The molecule has 0 unspecified atom stereocenters. The van der Waals surface area contributed by atoms with E-state index >= 15 is 0 Å². The molecule has 0 aliphatic carbocycles. The molecule has 3 aromatic rings. The van der Waals surface area contributed by atoms with Crippen molar-refractivity contribution in [3.05, 3.63) is 52.8 Å². The Morgan fingerprint density at radius 1 is 1.31 bits per heavy atom. The Balaban J connectivity index is 1.93. The number of hydrogen-bond acceptors (Lipinski definition) is 7. The van der Waals surface area contributed by atoms with E-state index in [2.05, 4.69) is 45.6 Å². The normalized spacial score (nSPS) is 16.6. The molecule has 0 saturated heterocycles. The number of nitriles is 1. The molecule has 1 aromatic carbocycles. The molecular weight excluding hydrogens is 384 g/mol. The number of nitrogens with two attached hydrogens (primary N) is 1. The number of rotatable bonds is 0. The van der Waals surface area contributed by atoms with Crippen LogP contribution in [-0.2, 0) is 13.6 Å². The highest BCUT2D eigenvalue weighted by Crippen LogP contribution is 2.39. The van der Waals surface area contributed by atoms with Crippen molar-refractivity contribution in [2.45, 2.75) is 31.5 Å². The van der Waals surface area contributed by atoms with Crippen LogP contribution in [0.1, 0.15) is 35.4 Å². The molecule has 3 heterocycles. The van der Waals surface area contributed by atoms with E-state index < -0.39 is 0 Å². The van der Waals surface area contributed by atoms with Crippen LogP contribution in [0.25, 0.3) is 11.1 Å². The molecular formula is C21H22N6OS. The van der Waals surface area contributed by atoms with Crippen molar-refractivity contribution in [3.8, 4) is 22.9 Å². The number of hydrogen-bond donors (Lipinski definition) is 1. The van der Waals surface area contributed by atoms with Crippen LogP contribution in [0.5, 0.6) is 5.75 Å². The second kappa shape index (κ2) is 7.43. The second-order valence-corrected chi connectivity index (χ2v) is 8.40. The maximum Gasteiger partial charge on any atom is 0.166 e. The van der Waals surface area contributed by atoms with Gasteiger partial charge in [0.05, 0.1) is 5.56 Å². The van der Waals surface area contributed by atoms with Crippen LogP contribution >= 0.6 is 11.9 Å². The molecule has 0 fully saturated rings. The van der Waals surface area contributed by atoms with E-state index in [1.165, 1.54) is 23.1 Å². The first kappa shape index (κ1) is 19.3. The highest BCUT2D eigenvalue weighted by molar-refractivity contribution is 7.97. The van der Waals surface area contributed by atoms with E-state index in [1.54, 1.807) is 17.9 Å². The van der Waals surface area contributed by atoms with Gasteiger partial charge in [0.25, 0.3) is 0 Å². The van der Waals surface area contributed by atoms with Crippen molar-refractivity contribution in [2.24, 2.45) is 7.05 Å². The standard InChI is InChI=1S/C21H22N6OS/c1-12-5-6-14-11-26(3)29-21-19(17(9-22)27(4)25-21)15-8-18(20(23)24-10-15)28-13(2)16(14)7-12/h5-8,10,13H,11H2,1-4H3,(H2,23,24)/t13-/m1/s1. The largest absolute Gasteiger partial charge is 0.482 e. The fourth-order valence-corrected chi connectivity index (χ4v) is 4.51. The number of ether oxygens (including phenoxy) is 1. The summed E-state index contributed by atoms with van der Waals surface area (Å²) in [6.07, 6.45) is 1.46. The summed E-state index contributed by atoms with van der Waals surface area (Å²) in [6, 6.07) is 10.5. The van der Waals surface area contributed by atoms with E-state index in [4.69, 9.17) is 10.5 Å². The molecule has 29 heavy (non-hydrogen) atoms. The number of pyridine rings is 1. The molecule has 7 nitrogen and oxygen atoms in total. The predicted octanol–water partition coefficient (Wildman–Crippen LogP) is 3.84. The van der Waals surface area contributed by atoms with Gasteiger partial charge in [0.15, 0.2) is 11.6 Å². The lowest BCUT2D eigenvalue weighted by Crippen LogP contribution is -2.15. The number of nitrogens with zero attached hydrogens (tertiary/aromatic N) is 5. The van der Waals surface area contributed by atoms with Gasteiger partial charge in [0.2, 0.25) is 0 Å². The van der Waals surface area contributed by atoms with Gasteiger partial charge >= 0.3 is 0 Å². The average Bonchev–Trinajstić information content (AvgIpc) is 2.98. The van der Waals surface area contributed by atoms with E-state index in [1.807, 2.05) is 20.0 Å². The van der Waals surface area contributed by atoms with Crippen molar-refractivity contribution in [2.75, 3.05) is 12.8 Å². The summed E-state index contributed by atoms with van der Waals surface area (Å²) in [7, 11) is 3.79. The van der Waals surface area contributed by atoms with Crippen molar-refractivity contribution < 1.29 is 4.74 Å². The van der Waals surface area contributed by atoms with Gasteiger partial charge < -0.3 is 10.5 Å². The Hall–Kier alpha value is -3.02. The lowest BCUT2D eigenvalue weighted by atomic mass is 10.00. The Bertz CT molecular complexity index is 1130. The van der Waals surface area contributed by atoms with Gasteiger partial charge in [-0.3, -0.25) is 4.68 Å². The van der Waals surface area contributed by atoms with E-state index in [0.29, 0.717) is 23.8 Å². The van der Waals surface area contributed by atoms with Gasteiger partial charge in [-0.2, -0.15) is 10.4 Å². The van der Waals surface area contributed by atoms with Crippen LogP contribution < -0.4 is 10.5 Å². The molecule has 2 bridgehead atoms. The topological polar surface area (TPSA) is 93.0 Å². The number of nitrogen functional groups attached to an aromatic ring is 1. The highest BCUT2D eigenvalue weighted by Gasteiger charge is 2.24. The molecule has 0 saturated carbocycles. The third kappa shape index (κ3) is 3.55. The molecule has 1 aliphatic heterocycles. The third-order valence-electron chi connectivity index (χ3n) is 4.97. The zero-order valence-electron chi connectivity index (χ0n) is 16.8. The summed E-state index contributed by atoms with van der Waals surface area (Å²) in [5.74, 6) is 0.820. The highest BCUT2D eigenvalue weighted by atomic mass is 32.2. The van der Waals surface area contributed by atoms with Gasteiger partial charge in [-0.05, 0) is 50.0 Å². The SMILES string of the molecule is Cc1ccc2c(c1)[C@@H](C)Oc1cc(cnc1N)-c1c(nn(C)c1C#N)SN(C)C2. The lowest BCUT2D eigenvalue weighted by molar-refractivity contribution is 0.226. The van der Waals surface area contributed by atoms with Gasteiger partial charge in [0.1, 0.15) is 22.9 Å². The van der Waals surface area contributed by atoms with Gasteiger partial charge in [-0.1, -0.05) is 23.8 Å². The van der Waals surface area contributed by atoms with E-state index in [-0.39, 0.29) is 6.10 Å². The Kier molecular flexibility index (Phi) is 4.94. The van der Waals surface area contributed by atoms with Gasteiger partial charge in [0, 0.05) is 25.4 Å². The first-order valence-corrected chi connectivity index (χ1v) is 10.0. The van der Waals surface area contributed by atoms with E-state index in [0.717, 1.165) is 21.7 Å². The van der Waals surface area contributed by atoms with Crippen molar-refractivity contribution in [1.82, 2.24) is 19.1 Å². The smallest absolute Gasteiger partial charge is 0.166 e. The predicted molar refractivity (Wildman–Crippen MR) is 113 cm³/mol. The van der Waals surface area contributed by atoms with Crippen LogP contribution in [0.2, 0.25) is 0 Å². The van der Waals surface area contributed by atoms with E-state index in [9.17, 15) is 5.26 Å². The van der Waals surface area contributed by atoms with Crippen LogP contribution in [0.15, 0.2) is 35.5 Å². The lowest BCUT2D eigenvalue weighted by Gasteiger charge is -2.23. The molecule has 2 aromatic heterocycles. The summed E-state index contributed by atoms with van der Waals surface area (Å²) in [5.41, 5.74) is 11.5. The number of benzene rings is 1. The maximum atomic E-state index is 9.69. The molecule has 8 heteroatoms. The van der Waals surface area contributed by atoms with Crippen LogP contribution in [-0.4, -0.2) is 26.1 Å². The monoisotopic (exact) mass is 406 g/mol. The molecule has 0 amide bonds. The Morgan fingerprint density at radius 3 is 2.86 bits per heavy atom. The molecule has 4 rings (SSSR count). The van der Waals surface area contributed by atoms with Crippen LogP contribution in [0, 0.1) is 18.3 Å². The molecule has 1 aliphatic rings. The second-order valence-electron chi connectivity index (χ2n) is 7.21. The zero-order chi connectivity index (χ0) is 20.7. The fourth-order valence-electron chi connectivity index (χ4n) is 3.55. The maximum absolute atomic E-state index is 9.69. The van der Waals surface area contributed by atoms with Crippen LogP contribution in [0.4, 0.5) is 5.82 Å². The zero-order valence-corrected chi connectivity index (χ0v) is 17.6. The van der Waals surface area contributed by atoms with Gasteiger partial charge in [-0.25, -0.2) is 9.29 Å². The summed E-state index contributed by atoms with van der Waals surface area (Å²) >= 11 is 1.51. The minimum absolute atomic E-state index is 0.203. The Morgan fingerprint density at radius 2 is 2.10 bits per heavy atom. The third-order valence-corrected chi connectivity index (χ3v) is 5.87. The van der Waals surface area contributed by atoms with Crippen LogP contribution in [0.3, 0.4) is 0 Å². The molecule has 1 atom stereocenters. The number of anilines is 1. The minimum Gasteiger partial charge on any atom is -0.482 e. The molecule has 0 spiro atoms. The summed E-state index contributed by atoms with van der Waals surface area (Å²) < 4.78 is 9.96. The van der Waals surface area contributed by atoms with Gasteiger partial charge in [-0.15, -0.1) is 0 Å². The number of fused-ring (bicyclic) bond motifs is 5. The summed E-state index contributed by atoms with van der Waals surface area (Å²) in [6.45, 7) is 4.79. The average molecular weight is 407 g/mol.